The van der Waals surface area contributed by atoms with E-state index in [1.54, 1.807) is 0 Å². The highest BCUT2D eigenvalue weighted by Crippen LogP contribution is 2.24. The van der Waals surface area contributed by atoms with Crippen LogP contribution in [0.4, 0.5) is 4.39 Å². The summed E-state index contributed by atoms with van der Waals surface area (Å²) in [7, 11) is 1.83. The Balaban J connectivity index is 2.27. The summed E-state index contributed by atoms with van der Waals surface area (Å²) in [6, 6.07) is 4.21. The van der Waals surface area contributed by atoms with Crippen LogP contribution in [0.15, 0.2) is 22.7 Å². The zero-order valence-electron chi connectivity index (χ0n) is 9.20. The molecule has 0 amide bonds. The molecule has 0 aliphatic carbocycles. The fraction of sp³-hybridized carbons (Fsp3) is 0.273. The Morgan fingerprint density at radius 3 is 3.06 bits per heavy atom. The minimum Gasteiger partial charge on any atom is -0.334 e. The lowest BCUT2D eigenvalue weighted by Crippen LogP contribution is -2.11. The van der Waals surface area contributed by atoms with E-state index in [4.69, 9.17) is 16.1 Å². The Labute approximate surface area is 103 Å². The first-order valence-corrected chi connectivity index (χ1v) is 5.51. The average Bonchev–Trinajstić information content (AvgIpc) is 2.78. The maximum absolute atomic E-state index is 13.5. The first kappa shape index (κ1) is 12.0. The van der Waals surface area contributed by atoms with E-state index in [2.05, 4.69) is 15.5 Å². The quantitative estimate of drug-likeness (QED) is 0.911. The van der Waals surface area contributed by atoms with Gasteiger partial charge in [-0.3, -0.25) is 0 Å². The molecule has 0 aliphatic heterocycles. The molecule has 1 heterocycles. The molecule has 0 unspecified atom stereocenters. The third-order valence-electron chi connectivity index (χ3n) is 2.23. The van der Waals surface area contributed by atoms with Crippen LogP contribution in [0.1, 0.15) is 5.82 Å². The van der Waals surface area contributed by atoms with Crippen molar-refractivity contribution in [3.05, 3.63) is 34.9 Å². The van der Waals surface area contributed by atoms with Gasteiger partial charge in [0.25, 0.3) is 5.89 Å². The maximum atomic E-state index is 13.5. The molecule has 2 aromatic rings. The molecule has 1 aromatic heterocycles. The molecule has 0 spiro atoms. The van der Waals surface area contributed by atoms with Gasteiger partial charge in [0.2, 0.25) is 0 Å². The van der Waals surface area contributed by atoms with Crippen molar-refractivity contribution in [2.24, 2.45) is 0 Å². The largest absolute Gasteiger partial charge is 0.334 e. The summed E-state index contributed by atoms with van der Waals surface area (Å²) in [5.41, 5.74) is 0.223. The van der Waals surface area contributed by atoms with Crippen LogP contribution in [0.25, 0.3) is 11.5 Å². The average molecular weight is 256 g/mol. The van der Waals surface area contributed by atoms with Crippen molar-refractivity contribution < 1.29 is 8.91 Å². The lowest BCUT2D eigenvalue weighted by molar-refractivity contribution is 0.420. The lowest BCUT2D eigenvalue weighted by atomic mass is 10.2. The van der Waals surface area contributed by atoms with Crippen LogP contribution in [-0.2, 0) is 6.42 Å². The van der Waals surface area contributed by atoms with Crippen LogP contribution in [0.3, 0.4) is 0 Å². The van der Waals surface area contributed by atoms with Gasteiger partial charge in [-0.15, -0.1) is 0 Å². The third kappa shape index (κ3) is 2.81. The molecule has 0 atom stereocenters. The second-order valence-corrected chi connectivity index (χ2v) is 3.93. The van der Waals surface area contributed by atoms with Crippen molar-refractivity contribution in [1.82, 2.24) is 15.5 Å². The van der Waals surface area contributed by atoms with Gasteiger partial charge < -0.3 is 9.84 Å². The van der Waals surface area contributed by atoms with Crippen LogP contribution in [0.5, 0.6) is 0 Å². The zero-order valence-corrected chi connectivity index (χ0v) is 9.96. The van der Waals surface area contributed by atoms with E-state index in [0.717, 1.165) is 6.54 Å². The number of likely N-dealkylation sites (N-methyl/N-ethyl adjacent to an activating group) is 1. The topological polar surface area (TPSA) is 51.0 Å². The number of benzene rings is 1. The second-order valence-electron chi connectivity index (χ2n) is 3.49. The predicted molar refractivity (Wildman–Crippen MR) is 62.3 cm³/mol. The number of halogens is 2. The molecule has 1 aromatic carbocycles. The van der Waals surface area contributed by atoms with E-state index in [9.17, 15) is 4.39 Å². The normalized spacial score (nSPS) is 10.8. The fourth-order valence-corrected chi connectivity index (χ4v) is 1.54. The van der Waals surface area contributed by atoms with Crippen molar-refractivity contribution in [2.45, 2.75) is 6.42 Å². The first-order valence-electron chi connectivity index (χ1n) is 5.13. The van der Waals surface area contributed by atoms with Gasteiger partial charge in [0.1, 0.15) is 5.82 Å². The molecular formula is C11H11ClFN3O. The van der Waals surface area contributed by atoms with Crippen LogP contribution in [0.2, 0.25) is 5.02 Å². The van der Waals surface area contributed by atoms with Crippen LogP contribution in [0, 0.1) is 5.82 Å². The highest BCUT2D eigenvalue weighted by molar-refractivity contribution is 6.30. The standard InChI is InChI=1S/C11H11ClFN3O/c1-14-5-4-10-15-11(17-16-10)8-6-7(12)2-3-9(8)13/h2-3,6,14H,4-5H2,1H3. The molecule has 0 fully saturated rings. The number of hydrogen-bond acceptors (Lipinski definition) is 4. The molecule has 0 bridgehead atoms. The van der Waals surface area contributed by atoms with Crippen molar-refractivity contribution in [3.63, 3.8) is 0 Å². The van der Waals surface area contributed by atoms with E-state index < -0.39 is 5.82 Å². The van der Waals surface area contributed by atoms with Crippen LogP contribution < -0.4 is 5.32 Å². The summed E-state index contributed by atoms with van der Waals surface area (Å²) in [6.07, 6.45) is 0.627. The first-order chi connectivity index (χ1) is 8.20. The van der Waals surface area contributed by atoms with E-state index in [-0.39, 0.29) is 11.5 Å². The Morgan fingerprint density at radius 2 is 2.29 bits per heavy atom. The van der Waals surface area contributed by atoms with Crippen molar-refractivity contribution in [2.75, 3.05) is 13.6 Å². The summed E-state index contributed by atoms with van der Waals surface area (Å²) in [4.78, 5) is 4.10. The predicted octanol–water partition coefficient (Wildman–Crippen LogP) is 2.29. The number of aromatic nitrogens is 2. The van der Waals surface area contributed by atoms with Gasteiger partial charge in [-0.1, -0.05) is 16.8 Å². The van der Waals surface area contributed by atoms with Crippen molar-refractivity contribution in [3.8, 4) is 11.5 Å². The zero-order chi connectivity index (χ0) is 12.3. The van der Waals surface area contributed by atoms with Gasteiger partial charge in [-0.25, -0.2) is 4.39 Å². The molecule has 0 aliphatic rings. The summed E-state index contributed by atoms with van der Waals surface area (Å²) < 4.78 is 18.5. The monoisotopic (exact) mass is 255 g/mol. The fourth-order valence-electron chi connectivity index (χ4n) is 1.36. The minimum absolute atomic E-state index is 0.149. The smallest absolute Gasteiger partial charge is 0.260 e. The molecule has 6 heteroatoms. The molecule has 90 valence electrons. The molecular weight excluding hydrogens is 245 g/mol. The van der Waals surface area contributed by atoms with Crippen LogP contribution in [-0.4, -0.2) is 23.7 Å². The Kier molecular flexibility index (Phi) is 3.71. The van der Waals surface area contributed by atoms with E-state index in [1.165, 1.54) is 18.2 Å². The number of nitrogens with one attached hydrogen (secondary N) is 1. The minimum atomic E-state index is -0.432. The van der Waals surface area contributed by atoms with Gasteiger partial charge in [-0.05, 0) is 25.2 Å². The van der Waals surface area contributed by atoms with Gasteiger partial charge in [0, 0.05) is 18.0 Å². The van der Waals surface area contributed by atoms with E-state index >= 15 is 0 Å². The van der Waals surface area contributed by atoms with Crippen LogP contribution >= 0.6 is 11.6 Å². The second kappa shape index (κ2) is 5.25. The molecule has 4 nitrogen and oxygen atoms in total. The molecule has 17 heavy (non-hydrogen) atoms. The lowest BCUT2D eigenvalue weighted by Gasteiger charge is -1.97. The van der Waals surface area contributed by atoms with Crippen molar-refractivity contribution in [1.29, 1.82) is 0 Å². The Bertz CT molecular complexity index is 515. The summed E-state index contributed by atoms with van der Waals surface area (Å²) in [5.74, 6) is 0.253. The van der Waals surface area contributed by atoms with Crippen molar-refractivity contribution >= 4 is 11.6 Å². The van der Waals surface area contributed by atoms with Gasteiger partial charge in [-0.2, -0.15) is 4.98 Å². The van der Waals surface area contributed by atoms with Gasteiger partial charge >= 0.3 is 0 Å². The highest BCUT2D eigenvalue weighted by atomic mass is 35.5. The highest BCUT2D eigenvalue weighted by Gasteiger charge is 2.13. The summed E-state index contributed by atoms with van der Waals surface area (Å²) in [6.45, 7) is 0.733. The Hall–Kier alpha value is -1.46. The van der Waals surface area contributed by atoms with E-state index in [0.29, 0.717) is 17.3 Å². The molecule has 1 N–H and O–H groups in total. The molecule has 0 saturated heterocycles. The molecule has 2 rings (SSSR count). The molecule has 0 saturated carbocycles. The van der Waals surface area contributed by atoms with Gasteiger partial charge in [0.05, 0.1) is 5.56 Å². The summed E-state index contributed by atoms with van der Waals surface area (Å²) >= 11 is 5.79. The number of rotatable bonds is 4. The number of nitrogens with zero attached hydrogens (tertiary/aromatic N) is 2. The third-order valence-corrected chi connectivity index (χ3v) is 2.46. The summed E-state index contributed by atoms with van der Waals surface area (Å²) in [5, 5.41) is 7.16. The SMILES string of the molecule is CNCCc1noc(-c2cc(Cl)ccc2F)n1. The molecule has 0 radical (unpaired) electrons. The van der Waals surface area contributed by atoms with Gasteiger partial charge in [0.15, 0.2) is 5.82 Å². The van der Waals surface area contributed by atoms with E-state index in [1.807, 2.05) is 7.05 Å². The maximum Gasteiger partial charge on any atom is 0.260 e. The Morgan fingerprint density at radius 1 is 1.47 bits per heavy atom. The number of hydrogen-bond donors (Lipinski definition) is 1.